The fourth-order valence-electron chi connectivity index (χ4n) is 4.01. The highest BCUT2D eigenvalue weighted by Gasteiger charge is 2.27. The van der Waals surface area contributed by atoms with Crippen LogP contribution in [0, 0.1) is 5.92 Å². The summed E-state index contributed by atoms with van der Waals surface area (Å²) in [6.45, 7) is 2.02. The van der Waals surface area contributed by atoms with Crippen LogP contribution >= 0.6 is 0 Å². The lowest BCUT2D eigenvalue weighted by Crippen LogP contribution is -2.43. The molecule has 0 unspecified atom stereocenters. The molecule has 1 saturated carbocycles. The van der Waals surface area contributed by atoms with Crippen LogP contribution in [0.2, 0.25) is 0 Å². The first kappa shape index (κ1) is 18.7. The number of hydrogen-bond acceptors (Lipinski definition) is 6. The van der Waals surface area contributed by atoms with Crippen molar-refractivity contribution < 1.29 is 9.53 Å². The van der Waals surface area contributed by atoms with E-state index in [2.05, 4.69) is 25.2 Å². The van der Waals surface area contributed by atoms with E-state index in [1.54, 1.807) is 24.8 Å². The summed E-state index contributed by atoms with van der Waals surface area (Å²) >= 11 is 0. The molecule has 1 aliphatic carbocycles. The second-order valence-corrected chi connectivity index (χ2v) is 7.56. The Kier molecular flexibility index (Phi) is 5.99. The van der Waals surface area contributed by atoms with Crippen LogP contribution < -0.4 is 15.0 Å². The Labute approximate surface area is 165 Å². The van der Waals surface area contributed by atoms with Gasteiger partial charge >= 0.3 is 0 Å². The Hall–Kier alpha value is -2.70. The number of ether oxygens (including phenoxy) is 1. The fourth-order valence-corrected chi connectivity index (χ4v) is 4.01. The van der Waals surface area contributed by atoms with E-state index in [0.29, 0.717) is 19.0 Å². The molecule has 3 heterocycles. The number of amides is 1. The quantitative estimate of drug-likeness (QED) is 0.829. The molecule has 2 aromatic heterocycles. The van der Waals surface area contributed by atoms with E-state index in [1.807, 2.05) is 12.1 Å². The van der Waals surface area contributed by atoms with Crippen molar-refractivity contribution in [1.82, 2.24) is 20.3 Å². The first-order chi connectivity index (χ1) is 13.8. The summed E-state index contributed by atoms with van der Waals surface area (Å²) < 4.78 is 6.07. The first-order valence-corrected chi connectivity index (χ1v) is 10.2. The van der Waals surface area contributed by atoms with Gasteiger partial charge in [0.1, 0.15) is 11.9 Å². The molecular weight excluding hydrogens is 354 g/mol. The molecule has 4 rings (SSSR count). The number of carbonyl (C=O) groups excluding carboxylic acids is 1. The summed E-state index contributed by atoms with van der Waals surface area (Å²) in [5.74, 6) is 1.51. The second-order valence-electron chi connectivity index (χ2n) is 7.56. The highest BCUT2D eigenvalue weighted by Crippen LogP contribution is 2.25. The summed E-state index contributed by atoms with van der Waals surface area (Å²) in [5.41, 5.74) is 0.935. The number of aromatic nitrogens is 3. The van der Waals surface area contributed by atoms with E-state index >= 15 is 0 Å². The molecule has 7 nitrogen and oxygen atoms in total. The molecule has 1 N–H and O–H groups in total. The van der Waals surface area contributed by atoms with Crippen LogP contribution in [0.15, 0.2) is 36.9 Å². The predicted molar refractivity (Wildman–Crippen MR) is 106 cm³/mol. The zero-order valence-electron chi connectivity index (χ0n) is 16.1. The molecule has 0 spiro atoms. The van der Waals surface area contributed by atoms with Gasteiger partial charge in [-0.15, -0.1) is 0 Å². The molecule has 0 bridgehead atoms. The van der Waals surface area contributed by atoms with Gasteiger partial charge in [-0.05, 0) is 44.6 Å². The first-order valence-electron chi connectivity index (χ1n) is 10.2. The minimum atomic E-state index is -0.0494. The van der Waals surface area contributed by atoms with Crippen molar-refractivity contribution in [2.75, 3.05) is 18.0 Å². The Bertz CT molecular complexity index is 779. The highest BCUT2D eigenvalue weighted by atomic mass is 16.5. The van der Waals surface area contributed by atoms with Gasteiger partial charge in [0.15, 0.2) is 0 Å². The van der Waals surface area contributed by atoms with Crippen molar-refractivity contribution in [1.29, 1.82) is 0 Å². The maximum Gasteiger partial charge on any atom is 0.225 e. The molecule has 1 atom stereocenters. The van der Waals surface area contributed by atoms with E-state index in [-0.39, 0.29) is 17.9 Å². The monoisotopic (exact) mass is 381 g/mol. The van der Waals surface area contributed by atoms with Crippen LogP contribution in [-0.2, 0) is 11.3 Å². The van der Waals surface area contributed by atoms with Gasteiger partial charge in [-0.25, -0.2) is 9.97 Å². The molecule has 2 aromatic rings. The topological polar surface area (TPSA) is 80.2 Å². The molecular formula is C21H27N5O2. The van der Waals surface area contributed by atoms with E-state index in [0.717, 1.165) is 43.6 Å². The Morgan fingerprint density at radius 3 is 2.86 bits per heavy atom. The summed E-state index contributed by atoms with van der Waals surface area (Å²) in [6.07, 6.45) is 13.6. The van der Waals surface area contributed by atoms with E-state index in [1.165, 1.54) is 12.8 Å². The molecule has 0 radical (unpaired) electrons. The predicted octanol–water partition coefficient (Wildman–Crippen LogP) is 2.73. The minimum absolute atomic E-state index is 0.0494. The normalized spacial score (nSPS) is 20.1. The lowest BCUT2D eigenvalue weighted by Gasteiger charge is -2.32. The molecule has 148 valence electrons. The Balaban J connectivity index is 1.34. The van der Waals surface area contributed by atoms with Crippen LogP contribution in [0.5, 0.6) is 5.88 Å². The standard InChI is InChI=1S/C21H27N5O2/c27-20(17-6-4-12-26(15-17)19-14-22-10-11-23-19)25-13-16-5-3-9-24-21(16)28-18-7-1-2-8-18/h3,5,9-11,14,17-18H,1-2,4,6-8,12-13,15H2,(H,25,27)/t17-/m1/s1. The largest absolute Gasteiger partial charge is 0.474 e. The van der Waals surface area contributed by atoms with Gasteiger partial charge in [0, 0.05) is 43.8 Å². The van der Waals surface area contributed by atoms with Crippen LogP contribution in [0.25, 0.3) is 0 Å². The van der Waals surface area contributed by atoms with Crippen LogP contribution in [-0.4, -0.2) is 40.1 Å². The molecule has 1 aliphatic heterocycles. The average molecular weight is 381 g/mol. The molecule has 1 saturated heterocycles. The second kappa shape index (κ2) is 8.99. The van der Waals surface area contributed by atoms with E-state index in [9.17, 15) is 4.79 Å². The maximum absolute atomic E-state index is 12.8. The fraction of sp³-hybridized carbons (Fsp3) is 0.524. The van der Waals surface area contributed by atoms with Gasteiger partial charge in [-0.1, -0.05) is 6.07 Å². The van der Waals surface area contributed by atoms with Gasteiger partial charge in [-0.3, -0.25) is 9.78 Å². The number of nitrogens with one attached hydrogen (secondary N) is 1. The number of rotatable bonds is 6. The zero-order chi connectivity index (χ0) is 19.2. The third-order valence-corrected chi connectivity index (χ3v) is 5.55. The third kappa shape index (κ3) is 4.58. The molecule has 0 aromatic carbocycles. The van der Waals surface area contributed by atoms with Gasteiger partial charge in [0.05, 0.1) is 12.1 Å². The Morgan fingerprint density at radius 2 is 2.04 bits per heavy atom. The summed E-state index contributed by atoms with van der Waals surface area (Å²) in [6, 6.07) is 3.86. The van der Waals surface area contributed by atoms with E-state index < -0.39 is 0 Å². The third-order valence-electron chi connectivity index (χ3n) is 5.55. The highest BCUT2D eigenvalue weighted by molar-refractivity contribution is 5.79. The molecule has 1 amide bonds. The van der Waals surface area contributed by atoms with Crippen molar-refractivity contribution in [3.8, 4) is 5.88 Å². The van der Waals surface area contributed by atoms with Crippen LogP contribution in [0.1, 0.15) is 44.1 Å². The average Bonchev–Trinajstić information content (AvgIpc) is 3.27. The summed E-state index contributed by atoms with van der Waals surface area (Å²) in [5, 5.41) is 3.08. The summed E-state index contributed by atoms with van der Waals surface area (Å²) in [4.78, 5) is 27.8. The van der Waals surface area contributed by atoms with E-state index in [4.69, 9.17) is 4.74 Å². The van der Waals surface area contributed by atoms with Gasteiger partial charge < -0.3 is 15.0 Å². The Morgan fingerprint density at radius 1 is 1.14 bits per heavy atom. The molecule has 7 heteroatoms. The number of hydrogen-bond donors (Lipinski definition) is 1. The number of anilines is 1. The maximum atomic E-state index is 12.8. The van der Waals surface area contributed by atoms with Crippen molar-refractivity contribution in [2.24, 2.45) is 5.92 Å². The number of pyridine rings is 1. The zero-order valence-corrected chi connectivity index (χ0v) is 16.1. The van der Waals surface area contributed by atoms with Crippen LogP contribution in [0.3, 0.4) is 0 Å². The lowest BCUT2D eigenvalue weighted by molar-refractivity contribution is -0.125. The van der Waals surface area contributed by atoms with Crippen LogP contribution in [0.4, 0.5) is 5.82 Å². The SMILES string of the molecule is O=C(NCc1cccnc1OC1CCCC1)[C@@H]1CCCN(c2cnccn2)C1. The van der Waals surface area contributed by atoms with Gasteiger partial charge in [-0.2, -0.15) is 0 Å². The van der Waals surface area contributed by atoms with Crippen molar-refractivity contribution in [2.45, 2.75) is 51.2 Å². The number of nitrogens with zero attached hydrogens (tertiary/aromatic N) is 4. The summed E-state index contributed by atoms with van der Waals surface area (Å²) in [7, 11) is 0. The van der Waals surface area contributed by atoms with Crippen molar-refractivity contribution in [3.05, 3.63) is 42.5 Å². The molecule has 2 aliphatic rings. The lowest BCUT2D eigenvalue weighted by atomic mass is 9.97. The van der Waals surface area contributed by atoms with Crippen molar-refractivity contribution >= 4 is 11.7 Å². The van der Waals surface area contributed by atoms with Crippen molar-refractivity contribution in [3.63, 3.8) is 0 Å². The number of piperidine rings is 1. The van der Waals surface area contributed by atoms with Gasteiger partial charge in [0.25, 0.3) is 0 Å². The number of carbonyl (C=O) groups is 1. The van der Waals surface area contributed by atoms with Gasteiger partial charge in [0.2, 0.25) is 11.8 Å². The minimum Gasteiger partial charge on any atom is -0.474 e. The molecule has 28 heavy (non-hydrogen) atoms. The smallest absolute Gasteiger partial charge is 0.225 e. The molecule has 2 fully saturated rings.